The molecule has 1 atom stereocenters. The summed E-state index contributed by atoms with van der Waals surface area (Å²) in [6.45, 7) is 8.70. The van der Waals surface area contributed by atoms with Crippen molar-refractivity contribution in [1.29, 1.82) is 0 Å². The van der Waals surface area contributed by atoms with Crippen LogP contribution >= 0.6 is 23.2 Å². The van der Waals surface area contributed by atoms with E-state index in [1.165, 1.54) is 6.42 Å². The van der Waals surface area contributed by atoms with Crippen molar-refractivity contribution >= 4 is 23.2 Å². The van der Waals surface area contributed by atoms with Gasteiger partial charge in [-0.3, -0.25) is 4.90 Å². The number of nitrogens with zero attached hydrogens (tertiary/aromatic N) is 1. The Morgan fingerprint density at radius 1 is 1.37 bits per heavy atom. The van der Waals surface area contributed by atoms with Crippen molar-refractivity contribution in [1.82, 2.24) is 10.2 Å². The van der Waals surface area contributed by atoms with Crippen LogP contribution in [-0.4, -0.2) is 30.1 Å². The minimum absolute atomic E-state index is 0.204. The predicted molar refractivity (Wildman–Crippen MR) is 83.1 cm³/mol. The molecule has 0 amide bonds. The second-order valence-corrected chi connectivity index (χ2v) is 6.48. The van der Waals surface area contributed by atoms with Gasteiger partial charge in [-0.25, -0.2) is 0 Å². The van der Waals surface area contributed by atoms with Crippen LogP contribution in [0.2, 0.25) is 10.0 Å². The number of rotatable bonds is 3. The Morgan fingerprint density at radius 3 is 2.84 bits per heavy atom. The topological polar surface area (TPSA) is 15.3 Å². The van der Waals surface area contributed by atoms with Crippen LogP contribution in [-0.2, 0) is 6.54 Å². The first kappa shape index (κ1) is 15.1. The van der Waals surface area contributed by atoms with Crippen LogP contribution < -0.4 is 5.32 Å². The molecule has 1 fully saturated rings. The lowest BCUT2D eigenvalue weighted by molar-refractivity contribution is 0.208. The van der Waals surface area contributed by atoms with Crippen molar-refractivity contribution in [3.05, 3.63) is 33.8 Å². The zero-order chi connectivity index (χ0) is 13.9. The van der Waals surface area contributed by atoms with Crippen molar-refractivity contribution in [3.8, 4) is 0 Å². The lowest BCUT2D eigenvalue weighted by atomic mass is 9.98. The van der Waals surface area contributed by atoms with Gasteiger partial charge >= 0.3 is 0 Å². The Bertz CT molecular complexity index is 436. The zero-order valence-corrected chi connectivity index (χ0v) is 13.2. The zero-order valence-electron chi connectivity index (χ0n) is 11.7. The molecule has 1 saturated heterocycles. The quantitative estimate of drug-likeness (QED) is 0.909. The van der Waals surface area contributed by atoms with E-state index in [0.717, 1.165) is 43.2 Å². The average molecular weight is 301 g/mol. The van der Waals surface area contributed by atoms with Crippen molar-refractivity contribution in [3.63, 3.8) is 0 Å². The van der Waals surface area contributed by atoms with Gasteiger partial charge in [-0.15, -0.1) is 0 Å². The summed E-state index contributed by atoms with van der Waals surface area (Å²) in [7, 11) is 0. The highest BCUT2D eigenvalue weighted by Crippen LogP contribution is 2.24. The first-order valence-corrected chi connectivity index (χ1v) is 7.69. The number of nitrogens with one attached hydrogen (secondary N) is 1. The van der Waals surface area contributed by atoms with Crippen LogP contribution in [0.5, 0.6) is 0 Å². The van der Waals surface area contributed by atoms with E-state index < -0.39 is 0 Å². The summed E-state index contributed by atoms with van der Waals surface area (Å²) < 4.78 is 0. The molecule has 1 N–H and O–H groups in total. The summed E-state index contributed by atoms with van der Waals surface area (Å²) in [4.78, 5) is 2.48. The van der Waals surface area contributed by atoms with Gasteiger partial charge in [-0.05, 0) is 50.6 Å². The summed E-state index contributed by atoms with van der Waals surface area (Å²) in [5.74, 6) is 0. The fraction of sp³-hybridized carbons (Fsp3) is 0.600. The largest absolute Gasteiger partial charge is 0.310 e. The number of halogens is 2. The SMILES string of the molecule is CCC1(C)CN(Cc2ccc(Cl)cc2Cl)CCCN1. The molecule has 0 bridgehead atoms. The number of benzene rings is 1. The van der Waals surface area contributed by atoms with Crippen molar-refractivity contribution in [2.45, 2.75) is 38.8 Å². The molecule has 0 saturated carbocycles. The highest BCUT2D eigenvalue weighted by Gasteiger charge is 2.27. The van der Waals surface area contributed by atoms with Gasteiger partial charge in [-0.2, -0.15) is 0 Å². The molecule has 1 aliphatic rings. The molecule has 2 nitrogen and oxygen atoms in total. The second-order valence-electron chi connectivity index (χ2n) is 5.64. The average Bonchev–Trinajstić information content (AvgIpc) is 2.55. The van der Waals surface area contributed by atoms with Crippen LogP contribution in [0.25, 0.3) is 0 Å². The molecule has 106 valence electrons. The maximum absolute atomic E-state index is 6.27. The molecule has 0 radical (unpaired) electrons. The molecule has 4 heteroatoms. The smallest absolute Gasteiger partial charge is 0.0465 e. The highest BCUT2D eigenvalue weighted by molar-refractivity contribution is 6.35. The molecular formula is C15H22Cl2N2. The lowest BCUT2D eigenvalue weighted by Crippen LogP contribution is -2.48. The summed E-state index contributed by atoms with van der Waals surface area (Å²) in [6, 6.07) is 5.78. The monoisotopic (exact) mass is 300 g/mol. The van der Waals surface area contributed by atoms with Crippen molar-refractivity contribution in [2.75, 3.05) is 19.6 Å². The van der Waals surface area contributed by atoms with Gasteiger partial charge < -0.3 is 5.32 Å². The molecule has 1 aromatic carbocycles. The third-order valence-electron chi connectivity index (χ3n) is 3.96. The van der Waals surface area contributed by atoms with Crippen LogP contribution in [0.15, 0.2) is 18.2 Å². The number of hydrogen-bond donors (Lipinski definition) is 1. The Labute approximate surface area is 126 Å². The minimum Gasteiger partial charge on any atom is -0.310 e. The third kappa shape index (κ3) is 4.09. The Balaban J connectivity index is 2.08. The van der Waals surface area contributed by atoms with Gasteiger partial charge in [0.25, 0.3) is 0 Å². The molecule has 19 heavy (non-hydrogen) atoms. The lowest BCUT2D eigenvalue weighted by Gasteiger charge is -2.32. The Hall–Kier alpha value is -0.280. The van der Waals surface area contributed by atoms with Gasteiger partial charge in [-0.1, -0.05) is 36.2 Å². The van der Waals surface area contributed by atoms with E-state index in [2.05, 4.69) is 24.1 Å². The molecule has 1 aliphatic heterocycles. The van der Waals surface area contributed by atoms with E-state index in [1.54, 1.807) is 0 Å². The molecule has 1 aromatic rings. The summed E-state index contributed by atoms with van der Waals surface area (Å²) in [6.07, 6.45) is 2.32. The minimum atomic E-state index is 0.204. The van der Waals surface area contributed by atoms with Gasteiger partial charge in [0, 0.05) is 28.7 Å². The fourth-order valence-corrected chi connectivity index (χ4v) is 3.05. The van der Waals surface area contributed by atoms with Gasteiger partial charge in [0.05, 0.1) is 0 Å². The number of hydrogen-bond acceptors (Lipinski definition) is 2. The van der Waals surface area contributed by atoms with E-state index >= 15 is 0 Å². The molecular weight excluding hydrogens is 279 g/mol. The molecule has 0 spiro atoms. The Morgan fingerprint density at radius 2 is 2.16 bits per heavy atom. The second kappa shape index (κ2) is 6.45. The van der Waals surface area contributed by atoms with E-state index in [4.69, 9.17) is 23.2 Å². The first-order valence-electron chi connectivity index (χ1n) is 6.94. The maximum Gasteiger partial charge on any atom is 0.0465 e. The van der Waals surface area contributed by atoms with Crippen LogP contribution in [0.3, 0.4) is 0 Å². The van der Waals surface area contributed by atoms with E-state index in [1.807, 2.05) is 18.2 Å². The molecule has 0 aromatic heterocycles. The molecule has 2 rings (SSSR count). The molecule has 1 unspecified atom stereocenters. The van der Waals surface area contributed by atoms with Crippen molar-refractivity contribution in [2.24, 2.45) is 0 Å². The van der Waals surface area contributed by atoms with E-state index in [0.29, 0.717) is 5.02 Å². The van der Waals surface area contributed by atoms with E-state index in [-0.39, 0.29) is 5.54 Å². The van der Waals surface area contributed by atoms with Crippen LogP contribution in [0.1, 0.15) is 32.3 Å². The third-order valence-corrected chi connectivity index (χ3v) is 4.55. The van der Waals surface area contributed by atoms with Crippen molar-refractivity contribution < 1.29 is 0 Å². The molecule has 1 heterocycles. The normalized spacial score (nSPS) is 25.3. The van der Waals surface area contributed by atoms with Gasteiger partial charge in [0.15, 0.2) is 0 Å². The van der Waals surface area contributed by atoms with Gasteiger partial charge in [0.2, 0.25) is 0 Å². The fourth-order valence-electron chi connectivity index (χ4n) is 2.58. The van der Waals surface area contributed by atoms with Gasteiger partial charge in [0.1, 0.15) is 0 Å². The summed E-state index contributed by atoms with van der Waals surface area (Å²) in [5.41, 5.74) is 1.36. The Kier molecular flexibility index (Phi) is 5.13. The summed E-state index contributed by atoms with van der Waals surface area (Å²) >= 11 is 12.2. The van der Waals surface area contributed by atoms with Crippen LogP contribution in [0, 0.1) is 0 Å². The van der Waals surface area contributed by atoms with E-state index in [9.17, 15) is 0 Å². The maximum atomic E-state index is 6.27. The molecule has 0 aliphatic carbocycles. The first-order chi connectivity index (χ1) is 9.02. The summed E-state index contributed by atoms with van der Waals surface area (Å²) in [5, 5.41) is 5.12. The predicted octanol–water partition coefficient (Wildman–Crippen LogP) is 3.96. The van der Waals surface area contributed by atoms with Crippen LogP contribution in [0.4, 0.5) is 0 Å². The standard InChI is InChI=1S/C15H22Cl2N2/c1-3-15(2)11-19(8-4-7-18-15)10-12-5-6-13(16)9-14(12)17/h5-6,9,18H,3-4,7-8,10-11H2,1-2H3. The highest BCUT2D eigenvalue weighted by atomic mass is 35.5.